The van der Waals surface area contributed by atoms with Crippen molar-refractivity contribution in [3.63, 3.8) is 0 Å². The maximum atomic E-state index is 12.7. The van der Waals surface area contributed by atoms with Crippen LogP contribution in [-0.2, 0) is 16.5 Å². The zero-order chi connectivity index (χ0) is 17.3. The van der Waals surface area contributed by atoms with E-state index >= 15 is 0 Å². The first-order chi connectivity index (χ1) is 12.2. The minimum absolute atomic E-state index is 0.0809. The highest BCUT2D eigenvalue weighted by Crippen LogP contribution is 2.38. The Morgan fingerprint density at radius 3 is 2.72 bits per heavy atom. The van der Waals surface area contributed by atoms with E-state index in [0.29, 0.717) is 5.92 Å². The molecule has 1 aromatic rings. The Labute approximate surface area is 149 Å². The molecule has 2 aliphatic heterocycles. The van der Waals surface area contributed by atoms with Gasteiger partial charge in [-0.25, -0.2) is 4.79 Å². The molecule has 3 fully saturated rings. The van der Waals surface area contributed by atoms with Crippen molar-refractivity contribution in [1.82, 2.24) is 14.8 Å². The summed E-state index contributed by atoms with van der Waals surface area (Å²) >= 11 is 0. The average molecular weight is 347 g/mol. The van der Waals surface area contributed by atoms with Crippen LogP contribution < -0.4 is 5.32 Å². The van der Waals surface area contributed by atoms with Crippen molar-refractivity contribution in [1.29, 1.82) is 0 Å². The van der Waals surface area contributed by atoms with E-state index in [1.165, 1.54) is 5.69 Å². The van der Waals surface area contributed by atoms with Crippen molar-refractivity contribution in [2.75, 3.05) is 26.3 Å². The number of aryl methyl sites for hydroxylation is 1. The molecule has 25 heavy (non-hydrogen) atoms. The summed E-state index contributed by atoms with van der Waals surface area (Å²) in [5.41, 5.74) is 1.22. The Kier molecular flexibility index (Phi) is 4.73. The van der Waals surface area contributed by atoms with Crippen molar-refractivity contribution in [3.05, 3.63) is 24.0 Å². The van der Waals surface area contributed by atoms with Gasteiger partial charge < -0.3 is 24.3 Å². The van der Waals surface area contributed by atoms with E-state index in [1.807, 2.05) is 4.90 Å². The molecule has 3 aliphatic rings. The summed E-state index contributed by atoms with van der Waals surface area (Å²) in [5.74, 6) is 0.214. The minimum atomic E-state index is -0.312. The van der Waals surface area contributed by atoms with Crippen molar-refractivity contribution in [2.24, 2.45) is 13.0 Å². The fourth-order valence-electron chi connectivity index (χ4n) is 4.58. The van der Waals surface area contributed by atoms with E-state index in [1.54, 1.807) is 0 Å². The van der Waals surface area contributed by atoms with Crippen LogP contribution >= 0.6 is 0 Å². The highest BCUT2D eigenvalue weighted by molar-refractivity contribution is 5.75. The van der Waals surface area contributed by atoms with Gasteiger partial charge in [-0.05, 0) is 43.7 Å². The zero-order valence-electron chi connectivity index (χ0n) is 15.1. The van der Waals surface area contributed by atoms with E-state index in [2.05, 4.69) is 35.3 Å². The van der Waals surface area contributed by atoms with Crippen LogP contribution in [0, 0.1) is 5.92 Å². The van der Waals surface area contributed by atoms with Crippen molar-refractivity contribution in [3.8, 4) is 0 Å². The molecule has 0 radical (unpaired) electrons. The second-order valence-electron chi connectivity index (χ2n) is 7.63. The highest BCUT2D eigenvalue weighted by atomic mass is 16.7. The summed E-state index contributed by atoms with van der Waals surface area (Å²) in [7, 11) is 2.05. The number of hydrogen-bond donors (Lipinski definition) is 1. The van der Waals surface area contributed by atoms with Gasteiger partial charge in [0.1, 0.15) is 0 Å². The lowest BCUT2D eigenvalue weighted by Crippen LogP contribution is -2.43. The van der Waals surface area contributed by atoms with Crippen LogP contribution in [0.25, 0.3) is 0 Å². The second kappa shape index (κ2) is 7.00. The molecule has 1 aromatic heterocycles. The molecule has 2 amide bonds. The lowest BCUT2D eigenvalue weighted by Gasteiger charge is -2.35. The van der Waals surface area contributed by atoms with Gasteiger partial charge in [0.25, 0.3) is 0 Å². The molecule has 6 nitrogen and oxygen atoms in total. The Bertz CT molecular complexity index is 599. The van der Waals surface area contributed by atoms with Crippen LogP contribution in [0.1, 0.15) is 50.3 Å². The van der Waals surface area contributed by atoms with Gasteiger partial charge >= 0.3 is 6.03 Å². The molecule has 3 heterocycles. The zero-order valence-corrected chi connectivity index (χ0v) is 15.1. The number of carbonyl (C=O) groups excluding carboxylic acids is 1. The summed E-state index contributed by atoms with van der Waals surface area (Å²) < 4.78 is 13.7. The lowest BCUT2D eigenvalue weighted by atomic mass is 9.85. The Balaban J connectivity index is 1.28. The van der Waals surface area contributed by atoms with Crippen molar-refractivity contribution >= 4 is 6.03 Å². The average Bonchev–Trinajstić information content (AvgIpc) is 3.35. The van der Waals surface area contributed by atoms with Crippen molar-refractivity contribution in [2.45, 2.75) is 50.4 Å². The van der Waals surface area contributed by atoms with Gasteiger partial charge in [-0.1, -0.05) is 0 Å². The SMILES string of the molecule is Cn1cccc1[C@H]1CCCN1C(=O)NCC1CCC2(CC1)OCCO2. The number of amides is 2. The lowest BCUT2D eigenvalue weighted by molar-refractivity contribution is -0.182. The normalized spacial score (nSPS) is 26.4. The first kappa shape index (κ1) is 16.9. The standard InChI is InChI=1S/C19H29N3O3/c1-21-10-2-4-16(21)17-5-3-11-22(17)18(23)20-14-15-6-8-19(9-7-15)24-12-13-25-19/h2,4,10,15,17H,3,5-9,11-14H2,1H3,(H,20,23)/t17-/m1/s1. The number of ether oxygens (including phenoxy) is 2. The van der Waals surface area contributed by atoms with Crippen LogP contribution in [0.4, 0.5) is 4.79 Å². The van der Waals surface area contributed by atoms with Gasteiger partial charge in [0.15, 0.2) is 5.79 Å². The number of aromatic nitrogens is 1. The summed E-state index contributed by atoms with van der Waals surface area (Å²) in [6.45, 7) is 3.04. The molecule has 0 aromatic carbocycles. The quantitative estimate of drug-likeness (QED) is 0.915. The molecule has 1 aliphatic carbocycles. The minimum Gasteiger partial charge on any atom is -0.353 e. The van der Waals surface area contributed by atoms with Crippen LogP contribution in [0.3, 0.4) is 0 Å². The van der Waals surface area contributed by atoms with E-state index in [0.717, 1.165) is 64.8 Å². The van der Waals surface area contributed by atoms with Crippen molar-refractivity contribution < 1.29 is 14.3 Å². The van der Waals surface area contributed by atoms with E-state index in [4.69, 9.17) is 9.47 Å². The van der Waals surface area contributed by atoms with E-state index < -0.39 is 0 Å². The van der Waals surface area contributed by atoms with Gasteiger partial charge in [-0.15, -0.1) is 0 Å². The van der Waals surface area contributed by atoms with Gasteiger partial charge in [-0.2, -0.15) is 0 Å². The largest absolute Gasteiger partial charge is 0.353 e. The Hall–Kier alpha value is -1.53. The van der Waals surface area contributed by atoms with Crippen LogP contribution in [-0.4, -0.2) is 47.6 Å². The van der Waals surface area contributed by atoms with Gasteiger partial charge in [0, 0.05) is 44.9 Å². The van der Waals surface area contributed by atoms with E-state index in [-0.39, 0.29) is 17.9 Å². The molecule has 1 saturated carbocycles. The molecule has 1 N–H and O–H groups in total. The van der Waals surface area contributed by atoms with E-state index in [9.17, 15) is 4.79 Å². The molecule has 1 spiro atoms. The Morgan fingerprint density at radius 1 is 1.28 bits per heavy atom. The molecule has 6 heteroatoms. The fourth-order valence-corrected chi connectivity index (χ4v) is 4.58. The molecule has 0 unspecified atom stereocenters. The maximum Gasteiger partial charge on any atom is 0.317 e. The highest BCUT2D eigenvalue weighted by Gasteiger charge is 2.40. The molecular formula is C19H29N3O3. The number of rotatable bonds is 3. The Morgan fingerprint density at radius 2 is 2.04 bits per heavy atom. The molecule has 2 saturated heterocycles. The predicted octanol–water partition coefficient (Wildman–Crippen LogP) is 2.80. The maximum absolute atomic E-state index is 12.7. The monoisotopic (exact) mass is 347 g/mol. The molecule has 4 rings (SSSR count). The number of nitrogens with zero attached hydrogens (tertiary/aromatic N) is 2. The van der Waals surface area contributed by atoms with Crippen LogP contribution in [0.5, 0.6) is 0 Å². The smallest absolute Gasteiger partial charge is 0.317 e. The topological polar surface area (TPSA) is 55.7 Å². The van der Waals surface area contributed by atoms with Gasteiger partial charge in [0.05, 0.1) is 19.3 Å². The summed E-state index contributed by atoms with van der Waals surface area (Å²) in [6, 6.07) is 4.46. The molecule has 138 valence electrons. The number of nitrogens with one attached hydrogen (secondary N) is 1. The summed E-state index contributed by atoms with van der Waals surface area (Å²) in [5, 5.41) is 3.18. The fraction of sp³-hybridized carbons (Fsp3) is 0.737. The number of urea groups is 1. The third-order valence-corrected chi connectivity index (χ3v) is 6.06. The number of carbonyl (C=O) groups is 1. The summed E-state index contributed by atoms with van der Waals surface area (Å²) in [6.07, 6.45) is 8.18. The number of hydrogen-bond acceptors (Lipinski definition) is 3. The first-order valence-electron chi connectivity index (χ1n) is 9.60. The molecular weight excluding hydrogens is 318 g/mol. The van der Waals surface area contributed by atoms with Gasteiger partial charge in [0.2, 0.25) is 0 Å². The second-order valence-corrected chi connectivity index (χ2v) is 7.63. The van der Waals surface area contributed by atoms with Crippen LogP contribution in [0.15, 0.2) is 18.3 Å². The third-order valence-electron chi connectivity index (χ3n) is 6.06. The molecule has 0 bridgehead atoms. The number of likely N-dealkylation sites (tertiary alicyclic amines) is 1. The first-order valence-corrected chi connectivity index (χ1v) is 9.60. The van der Waals surface area contributed by atoms with Gasteiger partial charge in [-0.3, -0.25) is 0 Å². The van der Waals surface area contributed by atoms with Crippen LogP contribution in [0.2, 0.25) is 0 Å². The predicted molar refractivity (Wildman–Crippen MR) is 94.1 cm³/mol. The third kappa shape index (κ3) is 3.42. The summed E-state index contributed by atoms with van der Waals surface area (Å²) in [4.78, 5) is 14.7. The molecule has 1 atom stereocenters.